The maximum absolute atomic E-state index is 13.5. The Morgan fingerprint density at radius 3 is 2.63 bits per heavy atom. The van der Waals surface area contributed by atoms with E-state index in [1.165, 1.54) is 18.2 Å². The van der Waals surface area contributed by atoms with Gasteiger partial charge in [0, 0.05) is 31.7 Å². The Morgan fingerprint density at radius 1 is 1.08 bits per heavy atom. The number of nitrogens with zero attached hydrogens (tertiary/aromatic N) is 5. The minimum absolute atomic E-state index is 0.0365. The molecule has 5 rings (SSSR count). The highest BCUT2D eigenvalue weighted by Crippen LogP contribution is 2.23. The van der Waals surface area contributed by atoms with Crippen LogP contribution in [-0.4, -0.2) is 36.6 Å². The number of halogens is 2. The lowest BCUT2D eigenvalue weighted by atomic mass is 10.1. The molecule has 0 aliphatic carbocycles. The van der Waals surface area contributed by atoms with Crippen LogP contribution in [0, 0.1) is 5.82 Å². The number of amidine groups is 1. The van der Waals surface area contributed by atoms with Crippen molar-refractivity contribution in [1.82, 2.24) is 30.5 Å². The van der Waals surface area contributed by atoms with Crippen molar-refractivity contribution in [3.63, 3.8) is 0 Å². The Balaban J connectivity index is 1.19. The highest BCUT2D eigenvalue weighted by Gasteiger charge is 2.17. The molecule has 0 spiro atoms. The lowest BCUT2D eigenvalue weighted by Crippen LogP contribution is -2.23. The molecule has 3 aromatic heterocycles. The second-order valence-electron chi connectivity index (χ2n) is 8.10. The minimum atomic E-state index is -0.436. The molecule has 0 atom stereocenters. The van der Waals surface area contributed by atoms with Crippen molar-refractivity contribution in [2.24, 2.45) is 4.99 Å². The van der Waals surface area contributed by atoms with Crippen molar-refractivity contribution in [3.8, 4) is 0 Å². The zero-order valence-corrected chi connectivity index (χ0v) is 21.2. The fourth-order valence-electron chi connectivity index (χ4n) is 3.57. The van der Waals surface area contributed by atoms with Gasteiger partial charge in [0.05, 0.1) is 15.7 Å². The largest absolute Gasteiger partial charge is 0.361 e. The van der Waals surface area contributed by atoms with E-state index in [9.17, 15) is 14.4 Å². The number of anilines is 1. The number of aromatic nitrogens is 4. The van der Waals surface area contributed by atoms with Gasteiger partial charge in [0.25, 0.3) is 5.91 Å². The lowest BCUT2D eigenvalue weighted by molar-refractivity contribution is 0.0950. The molecule has 192 valence electrons. The van der Waals surface area contributed by atoms with E-state index in [2.05, 4.69) is 46.9 Å². The van der Waals surface area contributed by atoms with E-state index in [4.69, 9.17) is 4.63 Å². The molecule has 5 aromatic rings. The van der Waals surface area contributed by atoms with Gasteiger partial charge >= 0.3 is 0 Å². The summed E-state index contributed by atoms with van der Waals surface area (Å²) in [6.45, 7) is 0.743. The number of nitrogens with one attached hydrogen (secondary N) is 3. The first-order chi connectivity index (χ1) is 18.5. The standard InChI is InChI=1S/C25H20BrFN8O3/c26-19-11-18(6-7-20(19)27)31-24(32-37)22-23(34-38-33-22)29-12-15-1-3-16(4-2-15)13-30-25(36)17-5-8-21-28-9-10-35(21)14-17/h1-11,14,37H,12-13H2,(H,29,34)(H,30,36)(H,31,32). The molecule has 3 heterocycles. The van der Waals surface area contributed by atoms with Crippen LogP contribution >= 0.6 is 15.9 Å². The Kier molecular flexibility index (Phi) is 7.38. The summed E-state index contributed by atoms with van der Waals surface area (Å²) in [5, 5.41) is 23.2. The summed E-state index contributed by atoms with van der Waals surface area (Å²) in [5.74, 6) is -0.405. The van der Waals surface area contributed by atoms with Crippen molar-refractivity contribution >= 4 is 44.8 Å². The molecule has 0 aliphatic heterocycles. The Labute approximate surface area is 223 Å². The number of carbonyl (C=O) groups excluding carboxylic acids is 1. The average molecular weight is 579 g/mol. The predicted molar refractivity (Wildman–Crippen MR) is 140 cm³/mol. The number of amides is 1. The SMILES string of the molecule is O=C(NCc1ccc(CNc2nonc2C(=Nc2ccc(F)c(Br)c2)NO)cc1)c1ccc2nccn2c1. The maximum atomic E-state index is 13.5. The first kappa shape index (κ1) is 25.0. The van der Waals surface area contributed by atoms with Crippen LogP contribution in [0.5, 0.6) is 0 Å². The second-order valence-corrected chi connectivity index (χ2v) is 8.95. The van der Waals surface area contributed by atoms with Gasteiger partial charge in [0.2, 0.25) is 5.82 Å². The monoisotopic (exact) mass is 578 g/mol. The summed E-state index contributed by atoms with van der Waals surface area (Å²) < 4.78 is 20.3. The summed E-state index contributed by atoms with van der Waals surface area (Å²) in [4.78, 5) is 20.9. The molecule has 1 amide bonds. The zero-order valence-electron chi connectivity index (χ0n) is 19.6. The molecule has 0 aliphatic rings. The maximum Gasteiger partial charge on any atom is 0.253 e. The Morgan fingerprint density at radius 2 is 1.87 bits per heavy atom. The van der Waals surface area contributed by atoms with Gasteiger partial charge < -0.3 is 15.0 Å². The third-order valence-corrected chi connectivity index (χ3v) is 6.16. The number of benzene rings is 2. The van der Waals surface area contributed by atoms with Gasteiger partial charge in [0.15, 0.2) is 11.5 Å². The van der Waals surface area contributed by atoms with Crippen LogP contribution in [0.3, 0.4) is 0 Å². The third-order valence-electron chi connectivity index (χ3n) is 5.55. The molecule has 0 unspecified atom stereocenters. The smallest absolute Gasteiger partial charge is 0.253 e. The highest BCUT2D eigenvalue weighted by molar-refractivity contribution is 9.10. The topological polar surface area (TPSA) is 142 Å². The summed E-state index contributed by atoms with van der Waals surface area (Å²) in [6.07, 6.45) is 5.20. The number of carbonyl (C=O) groups is 1. The van der Waals surface area contributed by atoms with E-state index in [0.717, 1.165) is 16.8 Å². The van der Waals surface area contributed by atoms with Gasteiger partial charge in [-0.1, -0.05) is 24.3 Å². The van der Waals surface area contributed by atoms with Crippen molar-refractivity contribution in [1.29, 1.82) is 0 Å². The van der Waals surface area contributed by atoms with E-state index >= 15 is 0 Å². The number of fused-ring (bicyclic) bond motifs is 1. The van der Waals surface area contributed by atoms with Crippen LogP contribution in [0.2, 0.25) is 0 Å². The van der Waals surface area contributed by atoms with Crippen molar-refractivity contribution in [3.05, 3.63) is 106 Å². The zero-order chi connectivity index (χ0) is 26.5. The van der Waals surface area contributed by atoms with Crippen LogP contribution in [0.1, 0.15) is 27.2 Å². The normalized spacial score (nSPS) is 11.5. The molecule has 0 bridgehead atoms. The third kappa shape index (κ3) is 5.68. The molecule has 0 saturated carbocycles. The van der Waals surface area contributed by atoms with Crippen molar-refractivity contribution < 1.29 is 19.0 Å². The molecule has 4 N–H and O–H groups in total. The lowest BCUT2D eigenvalue weighted by Gasteiger charge is -2.08. The van der Waals surface area contributed by atoms with E-state index in [0.29, 0.717) is 24.3 Å². The van der Waals surface area contributed by atoms with Crippen LogP contribution in [0.15, 0.2) is 87.3 Å². The molecule has 2 aromatic carbocycles. The van der Waals surface area contributed by atoms with Gasteiger partial charge in [-0.2, -0.15) is 0 Å². The van der Waals surface area contributed by atoms with Gasteiger partial charge in [-0.05, 0) is 67.7 Å². The fraction of sp³-hybridized carbons (Fsp3) is 0.0800. The molecular weight excluding hydrogens is 559 g/mol. The quantitative estimate of drug-likeness (QED) is 0.122. The first-order valence-corrected chi connectivity index (χ1v) is 12.1. The number of hydroxylamine groups is 1. The van der Waals surface area contributed by atoms with Crippen LogP contribution in [0.4, 0.5) is 15.9 Å². The fourth-order valence-corrected chi connectivity index (χ4v) is 3.94. The van der Waals surface area contributed by atoms with Crippen LogP contribution < -0.4 is 16.1 Å². The Bertz CT molecular complexity index is 1620. The molecular formula is C25H20BrFN8O3. The first-order valence-electron chi connectivity index (χ1n) is 11.3. The Hall–Kier alpha value is -4.62. The molecule has 0 radical (unpaired) electrons. The van der Waals surface area contributed by atoms with E-state index in [-0.39, 0.29) is 27.7 Å². The number of hydrogen-bond acceptors (Lipinski definition) is 8. The van der Waals surface area contributed by atoms with E-state index in [1.54, 1.807) is 35.1 Å². The highest BCUT2D eigenvalue weighted by atomic mass is 79.9. The number of rotatable bonds is 8. The van der Waals surface area contributed by atoms with Crippen molar-refractivity contribution in [2.45, 2.75) is 13.1 Å². The van der Waals surface area contributed by atoms with Crippen molar-refractivity contribution in [2.75, 3.05) is 5.32 Å². The molecule has 13 heteroatoms. The molecule has 0 fully saturated rings. The van der Waals surface area contributed by atoms with Gasteiger partial charge in [-0.25, -0.2) is 19.0 Å². The van der Waals surface area contributed by atoms with Gasteiger partial charge in [0.1, 0.15) is 11.5 Å². The second kappa shape index (κ2) is 11.2. The van der Waals surface area contributed by atoms with Crippen LogP contribution in [-0.2, 0) is 13.1 Å². The summed E-state index contributed by atoms with van der Waals surface area (Å²) in [7, 11) is 0. The number of pyridine rings is 1. The summed E-state index contributed by atoms with van der Waals surface area (Å²) >= 11 is 3.10. The van der Waals surface area contributed by atoms with E-state index in [1.807, 2.05) is 29.7 Å². The minimum Gasteiger partial charge on any atom is -0.361 e. The van der Waals surface area contributed by atoms with Gasteiger partial charge in [-0.15, -0.1) is 0 Å². The van der Waals surface area contributed by atoms with Gasteiger partial charge in [-0.3, -0.25) is 15.5 Å². The summed E-state index contributed by atoms with van der Waals surface area (Å²) in [5.41, 5.74) is 5.66. The average Bonchev–Trinajstić information content (AvgIpc) is 3.61. The molecule has 0 saturated heterocycles. The van der Waals surface area contributed by atoms with Crippen LogP contribution in [0.25, 0.3) is 5.65 Å². The number of aliphatic imine (C=N–C) groups is 1. The molecule has 11 nitrogen and oxygen atoms in total. The summed E-state index contributed by atoms with van der Waals surface area (Å²) in [6, 6.07) is 15.3. The molecule has 38 heavy (non-hydrogen) atoms. The number of imidazole rings is 1. The van der Waals surface area contributed by atoms with E-state index < -0.39 is 5.82 Å². The predicted octanol–water partition coefficient (Wildman–Crippen LogP) is 4.22. The number of hydrogen-bond donors (Lipinski definition) is 4.